The second-order valence-corrected chi connectivity index (χ2v) is 4.43. The number of hydrogen-bond donors (Lipinski definition) is 1. The molecular weight excluding hydrogens is 218 g/mol. The van der Waals surface area contributed by atoms with Gasteiger partial charge >= 0.3 is 0 Å². The number of benzene rings is 1. The van der Waals surface area contributed by atoms with E-state index in [0.717, 1.165) is 6.26 Å². The molecule has 5 nitrogen and oxygen atoms in total. The lowest BCUT2D eigenvalue weighted by Crippen LogP contribution is -2.08. The van der Waals surface area contributed by atoms with Crippen molar-refractivity contribution in [1.29, 1.82) is 0 Å². The van der Waals surface area contributed by atoms with E-state index in [4.69, 9.17) is 4.74 Å². The first-order chi connectivity index (χ1) is 7.01. The lowest BCUT2D eigenvalue weighted by atomic mass is 10.3. The zero-order chi connectivity index (χ0) is 11.3. The molecule has 0 aromatic heterocycles. The minimum Gasteiger partial charge on any atom is -0.494 e. The van der Waals surface area contributed by atoms with Gasteiger partial charge in [0, 0.05) is 6.07 Å². The molecule has 0 amide bonds. The Bertz CT molecular complexity index is 416. The van der Waals surface area contributed by atoms with Gasteiger partial charge in [0.05, 0.1) is 18.6 Å². The van der Waals surface area contributed by atoms with Crippen molar-refractivity contribution in [3.8, 4) is 5.75 Å². The van der Waals surface area contributed by atoms with Gasteiger partial charge in [0.25, 0.3) is 10.1 Å². The molecule has 0 heterocycles. The van der Waals surface area contributed by atoms with E-state index in [-0.39, 0.29) is 0 Å². The summed E-state index contributed by atoms with van der Waals surface area (Å²) in [7, 11) is -3.50. The van der Waals surface area contributed by atoms with Crippen molar-refractivity contribution < 1.29 is 17.4 Å². The van der Waals surface area contributed by atoms with Crippen molar-refractivity contribution in [2.75, 3.05) is 18.3 Å². The van der Waals surface area contributed by atoms with Gasteiger partial charge in [-0.25, -0.2) is 5.48 Å². The number of rotatable bonds is 5. The summed E-state index contributed by atoms with van der Waals surface area (Å²) in [6.45, 7) is 2.42. The highest BCUT2D eigenvalue weighted by atomic mass is 32.2. The summed E-state index contributed by atoms with van der Waals surface area (Å²) in [5.41, 5.74) is 2.84. The largest absolute Gasteiger partial charge is 0.494 e. The Morgan fingerprint density at radius 2 is 2.13 bits per heavy atom. The maximum Gasteiger partial charge on any atom is 0.284 e. The van der Waals surface area contributed by atoms with Gasteiger partial charge in [0.1, 0.15) is 5.75 Å². The van der Waals surface area contributed by atoms with Crippen molar-refractivity contribution in [1.82, 2.24) is 0 Å². The van der Waals surface area contributed by atoms with Crippen molar-refractivity contribution in [3.05, 3.63) is 24.3 Å². The Labute approximate surface area is 89.1 Å². The molecule has 0 bridgehead atoms. The Kier molecular flexibility index (Phi) is 3.93. The molecule has 1 rings (SSSR count). The van der Waals surface area contributed by atoms with E-state index in [0.29, 0.717) is 18.0 Å². The average Bonchev–Trinajstić information content (AvgIpc) is 2.15. The fourth-order valence-electron chi connectivity index (χ4n) is 0.940. The SMILES string of the molecule is CCOc1cccc(NOS(C)(=O)=O)c1. The lowest BCUT2D eigenvalue weighted by Gasteiger charge is -2.07. The second kappa shape index (κ2) is 4.99. The smallest absolute Gasteiger partial charge is 0.284 e. The van der Waals surface area contributed by atoms with E-state index in [2.05, 4.69) is 9.76 Å². The van der Waals surface area contributed by atoms with Crippen LogP contribution >= 0.6 is 0 Å². The predicted molar refractivity (Wildman–Crippen MR) is 57.2 cm³/mol. The molecule has 0 spiro atoms. The monoisotopic (exact) mass is 231 g/mol. The second-order valence-electron chi connectivity index (χ2n) is 2.85. The molecule has 1 aromatic carbocycles. The third-order valence-electron chi connectivity index (χ3n) is 1.46. The van der Waals surface area contributed by atoms with Gasteiger partial charge < -0.3 is 4.74 Å². The summed E-state index contributed by atoms with van der Waals surface area (Å²) in [6, 6.07) is 6.83. The third kappa shape index (κ3) is 4.66. The minimum absolute atomic E-state index is 0.520. The minimum atomic E-state index is -3.50. The van der Waals surface area contributed by atoms with Crippen LogP contribution in [0.15, 0.2) is 24.3 Å². The Morgan fingerprint density at radius 3 is 2.73 bits per heavy atom. The predicted octanol–water partition coefficient (Wildman–Crippen LogP) is 1.39. The number of anilines is 1. The zero-order valence-electron chi connectivity index (χ0n) is 8.56. The third-order valence-corrected chi connectivity index (χ3v) is 1.84. The van der Waals surface area contributed by atoms with Crippen LogP contribution < -0.4 is 10.2 Å². The van der Waals surface area contributed by atoms with E-state index in [1.807, 2.05) is 6.92 Å². The number of nitrogens with one attached hydrogen (secondary N) is 1. The van der Waals surface area contributed by atoms with Gasteiger partial charge in [0.2, 0.25) is 0 Å². The summed E-state index contributed by atoms with van der Waals surface area (Å²) < 4.78 is 31.0. The van der Waals surface area contributed by atoms with Gasteiger partial charge in [-0.15, -0.1) is 0 Å². The standard InChI is InChI=1S/C9H13NO4S/c1-3-13-9-6-4-5-8(7-9)10-14-15(2,11)12/h4-7,10H,3H2,1-2H3. The molecule has 0 radical (unpaired) electrons. The maximum atomic E-state index is 10.7. The van der Waals surface area contributed by atoms with Gasteiger partial charge in [-0.1, -0.05) is 6.07 Å². The van der Waals surface area contributed by atoms with E-state index < -0.39 is 10.1 Å². The summed E-state index contributed by atoms with van der Waals surface area (Å²) in [6.07, 6.45) is 0.965. The van der Waals surface area contributed by atoms with Gasteiger partial charge in [-0.3, -0.25) is 0 Å². The summed E-state index contributed by atoms with van der Waals surface area (Å²) in [4.78, 5) is 0. The summed E-state index contributed by atoms with van der Waals surface area (Å²) in [5.74, 6) is 0.652. The normalized spacial score (nSPS) is 11.1. The number of hydrogen-bond acceptors (Lipinski definition) is 5. The molecule has 0 saturated carbocycles. The van der Waals surface area contributed by atoms with Crippen molar-refractivity contribution in [2.45, 2.75) is 6.92 Å². The first-order valence-corrected chi connectivity index (χ1v) is 6.20. The van der Waals surface area contributed by atoms with Crippen molar-refractivity contribution in [2.24, 2.45) is 0 Å². The Hall–Kier alpha value is -1.27. The topological polar surface area (TPSA) is 64.6 Å². The highest BCUT2D eigenvalue weighted by Gasteiger charge is 2.02. The van der Waals surface area contributed by atoms with E-state index in [1.54, 1.807) is 24.3 Å². The van der Waals surface area contributed by atoms with Crippen LogP contribution in [0.1, 0.15) is 6.92 Å². The van der Waals surface area contributed by atoms with E-state index in [9.17, 15) is 8.42 Å². The molecular formula is C9H13NO4S. The molecule has 1 aromatic rings. The Balaban J connectivity index is 2.65. The highest BCUT2D eigenvalue weighted by Crippen LogP contribution is 2.17. The van der Waals surface area contributed by atoms with Crippen LogP contribution in [0, 0.1) is 0 Å². The highest BCUT2D eigenvalue weighted by molar-refractivity contribution is 7.86. The number of ether oxygens (including phenoxy) is 1. The van der Waals surface area contributed by atoms with Crippen LogP contribution in [0.5, 0.6) is 5.75 Å². The molecule has 1 N–H and O–H groups in total. The van der Waals surface area contributed by atoms with Crippen molar-refractivity contribution in [3.63, 3.8) is 0 Å². The summed E-state index contributed by atoms with van der Waals surface area (Å²) in [5, 5.41) is 0. The van der Waals surface area contributed by atoms with Crippen LogP contribution in [0.25, 0.3) is 0 Å². The molecule has 15 heavy (non-hydrogen) atoms. The van der Waals surface area contributed by atoms with Crippen LogP contribution in [0.3, 0.4) is 0 Å². The first kappa shape index (κ1) is 11.8. The van der Waals surface area contributed by atoms with E-state index >= 15 is 0 Å². The summed E-state index contributed by atoms with van der Waals surface area (Å²) >= 11 is 0. The van der Waals surface area contributed by atoms with Gasteiger partial charge in [-0.05, 0) is 19.1 Å². The average molecular weight is 231 g/mol. The zero-order valence-corrected chi connectivity index (χ0v) is 9.37. The quantitative estimate of drug-likeness (QED) is 0.776. The van der Waals surface area contributed by atoms with Gasteiger partial charge in [-0.2, -0.15) is 12.7 Å². The van der Waals surface area contributed by atoms with E-state index in [1.165, 1.54) is 0 Å². The molecule has 0 aliphatic rings. The lowest BCUT2D eigenvalue weighted by molar-refractivity contribution is 0.339. The Morgan fingerprint density at radius 1 is 1.40 bits per heavy atom. The molecule has 0 atom stereocenters. The molecule has 6 heteroatoms. The van der Waals surface area contributed by atoms with Crippen LogP contribution in [-0.2, 0) is 14.4 Å². The first-order valence-electron chi connectivity index (χ1n) is 4.38. The van der Waals surface area contributed by atoms with Crippen LogP contribution in [0.2, 0.25) is 0 Å². The van der Waals surface area contributed by atoms with Crippen LogP contribution in [-0.4, -0.2) is 21.3 Å². The molecule has 0 unspecified atom stereocenters. The molecule has 0 fully saturated rings. The molecule has 84 valence electrons. The molecule has 0 aliphatic carbocycles. The fraction of sp³-hybridized carbons (Fsp3) is 0.333. The fourth-order valence-corrected chi connectivity index (χ4v) is 1.19. The van der Waals surface area contributed by atoms with Gasteiger partial charge in [0.15, 0.2) is 0 Å². The van der Waals surface area contributed by atoms with Crippen LogP contribution in [0.4, 0.5) is 5.69 Å². The maximum absolute atomic E-state index is 10.7. The van der Waals surface area contributed by atoms with Crippen molar-refractivity contribution >= 4 is 15.8 Å². The molecule has 0 saturated heterocycles. The molecule has 0 aliphatic heterocycles.